The molecule has 2 N–H and O–H groups in total. The lowest BCUT2D eigenvalue weighted by Crippen LogP contribution is -2.28. The van der Waals surface area contributed by atoms with Crippen molar-refractivity contribution in [1.29, 1.82) is 0 Å². The van der Waals surface area contributed by atoms with Gasteiger partial charge in [-0.25, -0.2) is 4.98 Å². The number of hydrogen-bond acceptors (Lipinski definition) is 5. The van der Waals surface area contributed by atoms with Crippen molar-refractivity contribution in [2.24, 2.45) is 5.92 Å². The quantitative estimate of drug-likeness (QED) is 0.320. The summed E-state index contributed by atoms with van der Waals surface area (Å²) in [5.41, 5.74) is -0.198. The molecule has 1 saturated carbocycles. The van der Waals surface area contributed by atoms with Crippen molar-refractivity contribution in [3.63, 3.8) is 0 Å². The molecule has 190 valence electrons. The maximum absolute atomic E-state index is 13.0. The molecule has 2 aliphatic carbocycles. The van der Waals surface area contributed by atoms with Crippen molar-refractivity contribution < 1.29 is 25.8 Å². The van der Waals surface area contributed by atoms with Crippen LogP contribution in [0.4, 0.5) is 13.2 Å². The summed E-state index contributed by atoms with van der Waals surface area (Å²) in [6, 6.07) is 11.2. The van der Waals surface area contributed by atoms with Gasteiger partial charge in [0.2, 0.25) is 0 Å². The van der Waals surface area contributed by atoms with Crippen LogP contribution in [0.15, 0.2) is 42.6 Å². The average molecular weight is 518 g/mol. The fourth-order valence-corrected chi connectivity index (χ4v) is 6.56. The lowest BCUT2D eigenvalue weighted by Gasteiger charge is -2.22. The Bertz CT molecular complexity index is 1420. The number of benzene rings is 2. The van der Waals surface area contributed by atoms with Gasteiger partial charge in [-0.1, -0.05) is 37.3 Å². The number of nitrogens with one attached hydrogen (secondary N) is 2. The van der Waals surface area contributed by atoms with Crippen molar-refractivity contribution in [2.45, 2.75) is 56.0 Å². The Labute approximate surface area is 207 Å². The Balaban J connectivity index is 1.31. The molecule has 2 unspecified atom stereocenters. The molecule has 2 fully saturated rings. The van der Waals surface area contributed by atoms with Gasteiger partial charge < -0.3 is 14.5 Å². The van der Waals surface area contributed by atoms with Crippen LogP contribution in [0.3, 0.4) is 0 Å². The van der Waals surface area contributed by atoms with Gasteiger partial charge in [0.15, 0.2) is 0 Å². The maximum Gasteiger partial charge on any atom is 0.534 e. The SMILES string of the molecule is C[C@@H]1CN[C@H](c2ncc(-c3ccc(-c4ccc(OS(=O)(=O)C(F)(F)F)c5c4C4CCC5C4)cc3)[nH]2)C1. The Morgan fingerprint density at radius 1 is 0.972 bits per heavy atom. The number of rotatable bonds is 5. The van der Waals surface area contributed by atoms with Gasteiger partial charge in [-0.15, -0.1) is 0 Å². The van der Waals surface area contributed by atoms with Gasteiger partial charge in [0, 0.05) is 5.56 Å². The predicted octanol–water partition coefficient (Wildman–Crippen LogP) is 6.01. The number of aromatic amines is 1. The van der Waals surface area contributed by atoms with E-state index >= 15 is 0 Å². The molecule has 4 atom stereocenters. The molecule has 6 nitrogen and oxygen atoms in total. The van der Waals surface area contributed by atoms with E-state index in [4.69, 9.17) is 0 Å². The largest absolute Gasteiger partial charge is 0.534 e. The van der Waals surface area contributed by atoms with Crippen LogP contribution in [-0.4, -0.2) is 30.4 Å². The summed E-state index contributed by atoms with van der Waals surface area (Å²) < 4.78 is 66.9. The van der Waals surface area contributed by atoms with E-state index in [1.165, 1.54) is 6.07 Å². The van der Waals surface area contributed by atoms with Crippen molar-refractivity contribution in [3.05, 3.63) is 59.5 Å². The Kier molecular flexibility index (Phi) is 5.46. The van der Waals surface area contributed by atoms with Gasteiger partial charge in [0.25, 0.3) is 0 Å². The first kappa shape index (κ1) is 23.5. The van der Waals surface area contributed by atoms with E-state index in [0.717, 1.165) is 66.0 Å². The van der Waals surface area contributed by atoms with Crippen LogP contribution in [-0.2, 0) is 10.1 Å². The number of imidazole rings is 1. The Hall–Kier alpha value is -2.85. The number of fused-ring (bicyclic) bond motifs is 5. The lowest BCUT2D eigenvalue weighted by atomic mass is 9.85. The van der Waals surface area contributed by atoms with Crippen molar-refractivity contribution in [1.82, 2.24) is 15.3 Å². The van der Waals surface area contributed by atoms with E-state index in [1.807, 2.05) is 30.5 Å². The second kappa shape index (κ2) is 8.34. The highest BCUT2D eigenvalue weighted by atomic mass is 32.2. The first-order valence-electron chi connectivity index (χ1n) is 12.2. The van der Waals surface area contributed by atoms with E-state index in [2.05, 4.69) is 26.4 Å². The average Bonchev–Trinajstić information content (AvgIpc) is 3.63. The first-order valence-corrected chi connectivity index (χ1v) is 13.6. The maximum atomic E-state index is 13.0. The highest BCUT2D eigenvalue weighted by Gasteiger charge is 2.50. The van der Waals surface area contributed by atoms with Gasteiger partial charge >= 0.3 is 15.6 Å². The van der Waals surface area contributed by atoms with Gasteiger partial charge in [0.1, 0.15) is 11.6 Å². The van der Waals surface area contributed by atoms with E-state index in [-0.39, 0.29) is 23.6 Å². The molecular formula is C26H26F3N3O3S. The number of aromatic nitrogens is 2. The van der Waals surface area contributed by atoms with Crippen LogP contribution in [0.5, 0.6) is 5.75 Å². The van der Waals surface area contributed by atoms with Crippen LogP contribution < -0.4 is 9.50 Å². The van der Waals surface area contributed by atoms with Gasteiger partial charge in [0.05, 0.1) is 17.9 Å². The van der Waals surface area contributed by atoms with Gasteiger partial charge in [-0.2, -0.15) is 21.6 Å². The minimum Gasteiger partial charge on any atom is -0.376 e. The smallest absolute Gasteiger partial charge is 0.376 e. The van der Waals surface area contributed by atoms with Crippen molar-refractivity contribution in [3.8, 4) is 28.1 Å². The topological polar surface area (TPSA) is 84.1 Å². The molecule has 2 aromatic carbocycles. The van der Waals surface area contributed by atoms with Crippen molar-refractivity contribution in [2.75, 3.05) is 6.54 Å². The molecule has 1 saturated heterocycles. The third-order valence-electron chi connectivity index (χ3n) is 7.76. The fraction of sp³-hybridized carbons (Fsp3) is 0.423. The highest BCUT2D eigenvalue weighted by molar-refractivity contribution is 7.88. The first-order chi connectivity index (χ1) is 17.1. The zero-order valence-corrected chi connectivity index (χ0v) is 20.4. The zero-order chi connectivity index (χ0) is 25.2. The van der Waals surface area contributed by atoms with Crippen LogP contribution in [0.2, 0.25) is 0 Å². The van der Waals surface area contributed by atoms with Crippen LogP contribution in [0.1, 0.15) is 67.4 Å². The third-order valence-corrected chi connectivity index (χ3v) is 8.73. The molecule has 0 radical (unpaired) electrons. The molecule has 3 aliphatic rings. The van der Waals surface area contributed by atoms with E-state index in [1.54, 1.807) is 6.07 Å². The zero-order valence-electron chi connectivity index (χ0n) is 19.6. The van der Waals surface area contributed by atoms with Gasteiger partial charge in [-0.05, 0) is 78.3 Å². The standard InChI is InChI=1S/C26H26F3N3O3S/c1-14-10-20(30-12-14)25-31-13-21(32-25)16-4-2-15(3-5-16)19-8-9-22(35-36(33,34)26(27,28)29)24-18-7-6-17(11-18)23(19)24/h2-5,8-9,13-14,17-18,20,30H,6-7,10-12H2,1H3,(H,31,32)/t14-,17?,18?,20-/m0/s1. The normalized spacial score (nSPS) is 25.3. The van der Waals surface area contributed by atoms with Crippen LogP contribution in [0.25, 0.3) is 22.4 Å². The number of hydrogen-bond donors (Lipinski definition) is 2. The summed E-state index contributed by atoms with van der Waals surface area (Å²) in [7, 11) is -5.72. The van der Waals surface area contributed by atoms with Crippen LogP contribution >= 0.6 is 0 Å². The minimum atomic E-state index is -5.72. The van der Waals surface area contributed by atoms with E-state index in [0.29, 0.717) is 11.5 Å². The lowest BCUT2D eigenvalue weighted by molar-refractivity contribution is -0.0500. The van der Waals surface area contributed by atoms with Crippen LogP contribution in [0, 0.1) is 5.92 Å². The molecule has 6 rings (SSSR count). The summed E-state index contributed by atoms with van der Waals surface area (Å²) in [5, 5.41) is 3.48. The Morgan fingerprint density at radius 3 is 2.33 bits per heavy atom. The van der Waals surface area contributed by atoms with Gasteiger partial charge in [-0.3, -0.25) is 0 Å². The minimum absolute atomic E-state index is 0.0120. The number of H-pyrrole nitrogens is 1. The van der Waals surface area contributed by atoms with E-state index in [9.17, 15) is 21.6 Å². The molecule has 36 heavy (non-hydrogen) atoms. The third kappa shape index (κ3) is 3.91. The summed E-state index contributed by atoms with van der Waals surface area (Å²) >= 11 is 0. The highest BCUT2D eigenvalue weighted by Crippen LogP contribution is 2.58. The van der Waals surface area contributed by atoms with Crippen molar-refractivity contribution >= 4 is 10.1 Å². The molecule has 0 spiro atoms. The summed E-state index contributed by atoms with van der Waals surface area (Å²) in [6.45, 7) is 3.19. The molecule has 2 bridgehead atoms. The molecule has 2 heterocycles. The summed E-state index contributed by atoms with van der Waals surface area (Å²) in [4.78, 5) is 7.97. The second-order valence-electron chi connectivity index (χ2n) is 10.2. The summed E-state index contributed by atoms with van der Waals surface area (Å²) in [5.74, 6) is 1.54. The number of nitrogens with zero attached hydrogens (tertiary/aromatic N) is 1. The molecule has 1 aromatic heterocycles. The predicted molar refractivity (Wildman–Crippen MR) is 129 cm³/mol. The molecule has 10 heteroatoms. The second-order valence-corrected chi connectivity index (χ2v) is 11.7. The number of halogens is 3. The molecule has 1 aliphatic heterocycles. The summed E-state index contributed by atoms with van der Waals surface area (Å²) in [6.07, 6.45) is 5.43. The fourth-order valence-electron chi connectivity index (χ4n) is 6.08. The molecular weight excluding hydrogens is 491 g/mol. The number of alkyl halides is 3. The van der Waals surface area contributed by atoms with E-state index < -0.39 is 15.6 Å². The Morgan fingerprint density at radius 2 is 1.67 bits per heavy atom. The molecule has 0 amide bonds. The molecule has 3 aromatic rings. The monoisotopic (exact) mass is 517 g/mol.